The fourth-order valence-electron chi connectivity index (χ4n) is 1.57. The van der Waals surface area contributed by atoms with Crippen LogP contribution in [-0.4, -0.2) is 22.3 Å². The van der Waals surface area contributed by atoms with E-state index in [1.807, 2.05) is 38.1 Å². The van der Waals surface area contributed by atoms with E-state index in [0.717, 1.165) is 17.8 Å². The van der Waals surface area contributed by atoms with Crippen molar-refractivity contribution in [2.24, 2.45) is 0 Å². The molecular formula is C14H17N3O2. The molecule has 0 bridgehead atoms. The molecule has 100 valence electrons. The SMILES string of the molecule is CCn1cc(OCC(=O)Nc2ccc(C)cc2)cn1. The lowest BCUT2D eigenvalue weighted by Gasteiger charge is -2.06. The fraction of sp³-hybridized carbons (Fsp3) is 0.286. The molecule has 0 radical (unpaired) electrons. The predicted octanol–water partition coefficient (Wildman–Crippen LogP) is 2.23. The van der Waals surface area contributed by atoms with E-state index in [0.29, 0.717) is 5.75 Å². The van der Waals surface area contributed by atoms with Crippen molar-refractivity contribution in [2.75, 3.05) is 11.9 Å². The van der Waals surface area contributed by atoms with Crippen LogP contribution in [0.4, 0.5) is 5.69 Å². The molecule has 1 heterocycles. The topological polar surface area (TPSA) is 56.1 Å². The molecule has 0 saturated heterocycles. The Kier molecular flexibility index (Phi) is 4.18. The number of aromatic nitrogens is 2. The van der Waals surface area contributed by atoms with Gasteiger partial charge in [-0.2, -0.15) is 5.10 Å². The van der Waals surface area contributed by atoms with Gasteiger partial charge in [0.25, 0.3) is 5.91 Å². The third kappa shape index (κ3) is 3.84. The Morgan fingerprint density at radius 3 is 2.74 bits per heavy atom. The maximum Gasteiger partial charge on any atom is 0.262 e. The molecule has 0 spiro atoms. The lowest BCUT2D eigenvalue weighted by Crippen LogP contribution is -2.19. The van der Waals surface area contributed by atoms with Gasteiger partial charge < -0.3 is 10.1 Å². The number of nitrogens with zero attached hydrogens (tertiary/aromatic N) is 2. The van der Waals surface area contributed by atoms with E-state index in [9.17, 15) is 4.79 Å². The Hall–Kier alpha value is -2.30. The Labute approximate surface area is 112 Å². The number of carbonyl (C=O) groups excluding carboxylic acids is 1. The summed E-state index contributed by atoms with van der Waals surface area (Å²) in [6.45, 7) is 4.74. The summed E-state index contributed by atoms with van der Waals surface area (Å²) in [4.78, 5) is 11.7. The molecule has 5 heteroatoms. The molecule has 1 aromatic heterocycles. The first-order chi connectivity index (χ1) is 9.17. The molecular weight excluding hydrogens is 242 g/mol. The van der Waals surface area contributed by atoms with E-state index in [4.69, 9.17) is 4.74 Å². The zero-order valence-electron chi connectivity index (χ0n) is 11.1. The summed E-state index contributed by atoms with van der Waals surface area (Å²) in [6.07, 6.45) is 3.36. The van der Waals surface area contributed by atoms with Crippen molar-refractivity contribution in [3.63, 3.8) is 0 Å². The first kappa shape index (κ1) is 13.1. The minimum Gasteiger partial charge on any atom is -0.480 e. The van der Waals surface area contributed by atoms with Crippen LogP contribution in [0.5, 0.6) is 5.75 Å². The molecule has 5 nitrogen and oxygen atoms in total. The number of ether oxygens (including phenoxy) is 1. The maximum atomic E-state index is 11.7. The normalized spacial score (nSPS) is 10.2. The van der Waals surface area contributed by atoms with Crippen molar-refractivity contribution < 1.29 is 9.53 Å². The van der Waals surface area contributed by atoms with Gasteiger partial charge in [-0.05, 0) is 26.0 Å². The summed E-state index contributed by atoms with van der Waals surface area (Å²) in [5.41, 5.74) is 1.92. The maximum absolute atomic E-state index is 11.7. The molecule has 0 aliphatic heterocycles. The molecule has 0 saturated carbocycles. The Balaban J connectivity index is 1.82. The third-order valence-electron chi connectivity index (χ3n) is 2.64. The molecule has 19 heavy (non-hydrogen) atoms. The van der Waals surface area contributed by atoms with Crippen LogP contribution in [0.15, 0.2) is 36.7 Å². The summed E-state index contributed by atoms with van der Waals surface area (Å²) in [6, 6.07) is 7.62. The number of benzene rings is 1. The van der Waals surface area contributed by atoms with Crippen LogP contribution in [0.1, 0.15) is 12.5 Å². The van der Waals surface area contributed by atoms with Crippen LogP contribution in [0, 0.1) is 6.92 Å². The highest BCUT2D eigenvalue weighted by molar-refractivity contribution is 5.91. The van der Waals surface area contributed by atoms with Crippen molar-refractivity contribution in [1.29, 1.82) is 0 Å². The monoisotopic (exact) mass is 259 g/mol. The van der Waals surface area contributed by atoms with E-state index in [1.54, 1.807) is 17.1 Å². The molecule has 0 unspecified atom stereocenters. The van der Waals surface area contributed by atoms with Gasteiger partial charge >= 0.3 is 0 Å². The molecule has 2 rings (SSSR count). The van der Waals surface area contributed by atoms with Gasteiger partial charge in [0.2, 0.25) is 0 Å². The van der Waals surface area contributed by atoms with E-state index in [1.165, 1.54) is 0 Å². The molecule has 1 aromatic carbocycles. The first-order valence-electron chi connectivity index (χ1n) is 6.19. The largest absolute Gasteiger partial charge is 0.480 e. The highest BCUT2D eigenvalue weighted by Gasteiger charge is 2.05. The number of carbonyl (C=O) groups is 1. The summed E-state index contributed by atoms with van der Waals surface area (Å²) < 4.78 is 7.09. The van der Waals surface area contributed by atoms with Crippen LogP contribution in [0.2, 0.25) is 0 Å². The zero-order valence-corrected chi connectivity index (χ0v) is 11.1. The first-order valence-corrected chi connectivity index (χ1v) is 6.19. The van der Waals surface area contributed by atoms with Crippen molar-refractivity contribution in [1.82, 2.24) is 9.78 Å². The predicted molar refractivity (Wildman–Crippen MR) is 73.2 cm³/mol. The average molecular weight is 259 g/mol. The summed E-state index contributed by atoms with van der Waals surface area (Å²) in [7, 11) is 0. The highest BCUT2D eigenvalue weighted by Crippen LogP contribution is 2.10. The second-order valence-electron chi connectivity index (χ2n) is 4.23. The lowest BCUT2D eigenvalue weighted by molar-refractivity contribution is -0.118. The van der Waals surface area contributed by atoms with E-state index in [2.05, 4.69) is 10.4 Å². The second kappa shape index (κ2) is 6.04. The average Bonchev–Trinajstić information content (AvgIpc) is 2.87. The molecule has 0 atom stereocenters. The van der Waals surface area contributed by atoms with Crippen molar-refractivity contribution in [3.8, 4) is 5.75 Å². The fourth-order valence-corrected chi connectivity index (χ4v) is 1.57. The van der Waals surface area contributed by atoms with Crippen LogP contribution >= 0.6 is 0 Å². The van der Waals surface area contributed by atoms with Crippen molar-refractivity contribution in [3.05, 3.63) is 42.2 Å². The van der Waals surface area contributed by atoms with Crippen LogP contribution < -0.4 is 10.1 Å². The minimum absolute atomic E-state index is 0.0245. The van der Waals surface area contributed by atoms with Gasteiger partial charge in [-0.15, -0.1) is 0 Å². The number of hydrogen-bond donors (Lipinski definition) is 1. The zero-order chi connectivity index (χ0) is 13.7. The Morgan fingerprint density at radius 2 is 2.11 bits per heavy atom. The summed E-state index contributed by atoms with van der Waals surface area (Å²) in [5.74, 6) is 0.411. The van der Waals surface area contributed by atoms with Gasteiger partial charge in [0.15, 0.2) is 12.4 Å². The molecule has 1 amide bonds. The Bertz CT molecular complexity index is 546. The smallest absolute Gasteiger partial charge is 0.262 e. The minimum atomic E-state index is -0.187. The standard InChI is InChI=1S/C14H17N3O2/c1-3-17-9-13(8-15-17)19-10-14(18)16-12-6-4-11(2)5-7-12/h4-9H,3,10H2,1-2H3,(H,16,18). The molecule has 2 aromatic rings. The molecule has 1 N–H and O–H groups in total. The van der Waals surface area contributed by atoms with E-state index >= 15 is 0 Å². The summed E-state index contributed by atoms with van der Waals surface area (Å²) in [5, 5.41) is 6.84. The molecule has 0 fully saturated rings. The van der Waals surface area contributed by atoms with Crippen LogP contribution in [0.3, 0.4) is 0 Å². The number of amides is 1. The number of hydrogen-bond acceptors (Lipinski definition) is 3. The van der Waals surface area contributed by atoms with Crippen molar-refractivity contribution in [2.45, 2.75) is 20.4 Å². The lowest BCUT2D eigenvalue weighted by atomic mass is 10.2. The second-order valence-corrected chi connectivity index (χ2v) is 4.23. The number of rotatable bonds is 5. The van der Waals surface area contributed by atoms with Gasteiger partial charge in [0, 0.05) is 12.2 Å². The van der Waals surface area contributed by atoms with Gasteiger partial charge in [-0.3, -0.25) is 9.48 Å². The third-order valence-corrected chi connectivity index (χ3v) is 2.64. The molecule has 0 aliphatic rings. The van der Waals surface area contributed by atoms with Crippen molar-refractivity contribution >= 4 is 11.6 Å². The number of anilines is 1. The van der Waals surface area contributed by atoms with Gasteiger partial charge in [0.1, 0.15) is 0 Å². The van der Waals surface area contributed by atoms with E-state index in [-0.39, 0.29) is 12.5 Å². The quantitative estimate of drug-likeness (QED) is 0.895. The summed E-state index contributed by atoms with van der Waals surface area (Å²) >= 11 is 0. The number of nitrogens with one attached hydrogen (secondary N) is 1. The van der Waals surface area contributed by atoms with Gasteiger partial charge in [0.05, 0.1) is 12.4 Å². The molecule has 0 aliphatic carbocycles. The van der Waals surface area contributed by atoms with Gasteiger partial charge in [-0.1, -0.05) is 17.7 Å². The highest BCUT2D eigenvalue weighted by atomic mass is 16.5. The number of aryl methyl sites for hydroxylation is 2. The van der Waals surface area contributed by atoms with E-state index < -0.39 is 0 Å². The van der Waals surface area contributed by atoms with Crippen LogP contribution in [-0.2, 0) is 11.3 Å². The van der Waals surface area contributed by atoms with Gasteiger partial charge in [-0.25, -0.2) is 0 Å². The Morgan fingerprint density at radius 1 is 1.37 bits per heavy atom. The van der Waals surface area contributed by atoms with Crippen LogP contribution in [0.25, 0.3) is 0 Å².